The largest absolute Gasteiger partial charge is 0.493 e. The molecule has 36 heavy (non-hydrogen) atoms. The number of nitrogens with zero attached hydrogens (tertiary/aromatic N) is 1. The summed E-state index contributed by atoms with van der Waals surface area (Å²) in [6.07, 6.45) is 1.19. The van der Waals surface area contributed by atoms with Crippen molar-refractivity contribution in [3.63, 3.8) is 0 Å². The molecule has 0 saturated carbocycles. The normalized spacial score (nSPS) is 16.4. The minimum absolute atomic E-state index is 0.103. The van der Waals surface area contributed by atoms with E-state index in [1.54, 1.807) is 26.0 Å². The van der Waals surface area contributed by atoms with Crippen molar-refractivity contribution < 1.29 is 33.7 Å². The van der Waals surface area contributed by atoms with Gasteiger partial charge in [0, 0.05) is 13.0 Å². The van der Waals surface area contributed by atoms with Crippen molar-refractivity contribution in [2.75, 3.05) is 20.8 Å². The Morgan fingerprint density at radius 3 is 2.31 bits per heavy atom. The Labute approximate surface area is 211 Å². The second-order valence-electron chi connectivity index (χ2n) is 8.72. The number of carboxylic acid groups (broad SMARTS) is 1. The zero-order valence-corrected chi connectivity index (χ0v) is 21.2. The first kappa shape index (κ1) is 27.0. The van der Waals surface area contributed by atoms with E-state index in [1.807, 2.05) is 30.3 Å². The molecule has 0 saturated heterocycles. The predicted molar refractivity (Wildman–Crippen MR) is 133 cm³/mol. The topological polar surface area (TPSA) is 114 Å². The van der Waals surface area contributed by atoms with Crippen LogP contribution in [0.2, 0.25) is 0 Å². The summed E-state index contributed by atoms with van der Waals surface area (Å²) in [6, 6.07) is 10.7. The second-order valence-corrected chi connectivity index (χ2v) is 8.72. The number of esters is 1. The molecule has 0 fully saturated rings. The fourth-order valence-corrected chi connectivity index (χ4v) is 4.45. The molecule has 0 bridgehead atoms. The third-order valence-corrected chi connectivity index (χ3v) is 6.36. The molecule has 2 N–H and O–H groups in total. The molecular weight excluding hydrogens is 464 g/mol. The van der Waals surface area contributed by atoms with Crippen LogP contribution in [0.4, 0.5) is 0 Å². The van der Waals surface area contributed by atoms with Gasteiger partial charge >= 0.3 is 11.9 Å². The van der Waals surface area contributed by atoms with Crippen LogP contribution in [0.3, 0.4) is 0 Å². The quantitative estimate of drug-likeness (QED) is 0.455. The molecular formula is C27H34N2O7. The number of ether oxygens (including phenoxy) is 3. The highest BCUT2D eigenvalue weighted by molar-refractivity contribution is 5.88. The molecule has 1 amide bonds. The number of methoxy groups -OCH3 is 2. The average molecular weight is 499 g/mol. The lowest BCUT2D eigenvalue weighted by atomic mass is 9.92. The molecule has 1 aliphatic rings. The Kier molecular flexibility index (Phi) is 9.30. The van der Waals surface area contributed by atoms with Gasteiger partial charge in [0.25, 0.3) is 0 Å². The zero-order valence-electron chi connectivity index (χ0n) is 21.2. The highest BCUT2D eigenvalue weighted by Gasteiger charge is 2.38. The number of amides is 1. The number of carbonyl (C=O) groups excluding carboxylic acids is 2. The first-order chi connectivity index (χ1) is 17.3. The molecule has 2 aromatic rings. The van der Waals surface area contributed by atoms with Gasteiger partial charge in [0.15, 0.2) is 11.5 Å². The van der Waals surface area contributed by atoms with E-state index < -0.39 is 36.0 Å². The number of carboxylic acids is 1. The lowest BCUT2D eigenvalue weighted by Crippen LogP contribution is -2.56. The van der Waals surface area contributed by atoms with Gasteiger partial charge in [0.2, 0.25) is 5.91 Å². The van der Waals surface area contributed by atoms with Gasteiger partial charge in [0.05, 0.1) is 26.9 Å². The Bertz CT molecular complexity index is 1070. The van der Waals surface area contributed by atoms with Gasteiger partial charge in [-0.25, -0.2) is 4.79 Å². The summed E-state index contributed by atoms with van der Waals surface area (Å²) in [5.41, 5.74) is 2.64. The second kappa shape index (κ2) is 12.4. The van der Waals surface area contributed by atoms with Crippen LogP contribution < -0.4 is 14.8 Å². The molecule has 0 aromatic heterocycles. The Balaban J connectivity index is 1.79. The van der Waals surface area contributed by atoms with E-state index in [9.17, 15) is 19.5 Å². The van der Waals surface area contributed by atoms with Gasteiger partial charge < -0.3 is 24.2 Å². The Hall–Kier alpha value is -3.59. The lowest BCUT2D eigenvalue weighted by molar-refractivity contribution is -0.153. The summed E-state index contributed by atoms with van der Waals surface area (Å²) < 4.78 is 15.9. The molecule has 194 valence electrons. The minimum atomic E-state index is -1.10. The van der Waals surface area contributed by atoms with Crippen LogP contribution in [0.5, 0.6) is 11.5 Å². The summed E-state index contributed by atoms with van der Waals surface area (Å²) in [4.78, 5) is 39.6. The first-order valence-corrected chi connectivity index (χ1v) is 12.0. The molecule has 9 nitrogen and oxygen atoms in total. The SMILES string of the molecule is CCOC(=O)C(CCc1ccccc1)N[C@H](C)C(=O)N1Cc2cc(OC)c(OC)cc2CC1C(=O)O. The fourth-order valence-electron chi connectivity index (χ4n) is 4.45. The highest BCUT2D eigenvalue weighted by atomic mass is 16.5. The Morgan fingerprint density at radius 1 is 1.08 bits per heavy atom. The lowest BCUT2D eigenvalue weighted by Gasteiger charge is -2.37. The van der Waals surface area contributed by atoms with Crippen LogP contribution in [0.25, 0.3) is 0 Å². The monoisotopic (exact) mass is 498 g/mol. The molecule has 0 radical (unpaired) electrons. The summed E-state index contributed by atoms with van der Waals surface area (Å²) in [5.74, 6) is -0.930. The van der Waals surface area contributed by atoms with E-state index in [-0.39, 0.29) is 19.6 Å². The van der Waals surface area contributed by atoms with E-state index in [2.05, 4.69) is 5.32 Å². The smallest absolute Gasteiger partial charge is 0.326 e. The van der Waals surface area contributed by atoms with E-state index >= 15 is 0 Å². The molecule has 9 heteroatoms. The van der Waals surface area contributed by atoms with Gasteiger partial charge in [-0.3, -0.25) is 14.9 Å². The molecule has 1 aliphatic heterocycles. The van der Waals surface area contributed by atoms with Gasteiger partial charge in [-0.1, -0.05) is 30.3 Å². The minimum Gasteiger partial charge on any atom is -0.493 e. The van der Waals surface area contributed by atoms with Crippen LogP contribution in [0.1, 0.15) is 37.0 Å². The highest BCUT2D eigenvalue weighted by Crippen LogP contribution is 2.35. The number of hydrogen-bond donors (Lipinski definition) is 2. The van der Waals surface area contributed by atoms with Crippen LogP contribution >= 0.6 is 0 Å². The summed E-state index contributed by atoms with van der Waals surface area (Å²) in [5, 5.41) is 13.0. The number of hydrogen-bond acceptors (Lipinski definition) is 7. The van der Waals surface area contributed by atoms with Crippen molar-refractivity contribution >= 4 is 17.8 Å². The van der Waals surface area contributed by atoms with Crippen LogP contribution in [-0.2, 0) is 38.5 Å². The van der Waals surface area contributed by atoms with Crippen molar-refractivity contribution in [2.45, 2.75) is 57.8 Å². The maximum absolute atomic E-state index is 13.5. The van der Waals surface area contributed by atoms with E-state index in [4.69, 9.17) is 14.2 Å². The van der Waals surface area contributed by atoms with Crippen LogP contribution in [0.15, 0.2) is 42.5 Å². The summed E-state index contributed by atoms with van der Waals surface area (Å²) in [6.45, 7) is 3.69. The summed E-state index contributed by atoms with van der Waals surface area (Å²) >= 11 is 0. The Morgan fingerprint density at radius 2 is 1.72 bits per heavy atom. The van der Waals surface area contributed by atoms with Crippen LogP contribution in [0, 0.1) is 0 Å². The van der Waals surface area contributed by atoms with Gasteiger partial charge in [-0.05, 0) is 55.5 Å². The third-order valence-electron chi connectivity index (χ3n) is 6.36. The van der Waals surface area contributed by atoms with Crippen molar-refractivity contribution in [3.05, 3.63) is 59.2 Å². The van der Waals surface area contributed by atoms with Crippen LogP contribution in [-0.4, -0.2) is 66.8 Å². The molecule has 0 spiro atoms. The zero-order chi connectivity index (χ0) is 26.2. The maximum atomic E-state index is 13.5. The van der Waals surface area contributed by atoms with E-state index in [0.717, 1.165) is 16.7 Å². The standard InChI is InChI=1S/C27H34N2O7/c1-5-36-27(33)21(12-11-18-9-7-6-8-10-18)28-17(2)25(30)29-16-20-15-24(35-4)23(34-3)14-19(20)13-22(29)26(31)32/h6-10,14-15,17,21-22,28H,5,11-13,16H2,1-4H3,(H,31,32)/t17-,21?,22?/m1/s1. The van der Waals surface area contributed by atoms with E-state index in [0.29, 0.717) is 24.3 Å². The van der Waals surface area contributed by atoms with Crippen molar-refractivity contribution in [3.8, 4) is 11.5 Å². The molecule has 1 heterocycles. The van der Waals surface area contributed by atoms with Gasteiger partial charge in [-0.15, -0.1) is 0 Å². The predicted octanol–water partition coefficient (Wildman–Crippen LogP) is 2.58. The number of aliphatic carboxylic acids is 1. The van der Waals surface area contributed by atoms with Gasteiger partial charge in [-0.2, -0.15) is 0 Å². The molecule has 3 atom stereocenters. The molecule has 2 aromatic carbocycles. The third kappa shape index (κ3) is 6.34. The van der Waals surface area contributed by atoms with Crippen molar-refractivity contribution in [1.29, 1.82) is 0 Å². The average Bonchev–Trinajstić information content (AvgIpc) is 2.89. The molecule has 2 unspecified atom stereocenters. The number of rotatable bonds is 11. The molecule has 3 rings (SSSR count). The van der Waals surface area contributed by atoms with Gasteiger partial charge in [0.1, 0.15) is 12.1 Å². The summed E-state index contributed by atoms with van der Waals surface area (Å²) in [7, 11) is 3.04. The number of benzene rings is 2. The van der Waals surface area contributed by atoms with Crippen molar-refractivity contribution in [2.24, 2.45) is 0 Å². The van der Waals surface area contributed by atoms with Crippen molar-refractivity contribution in [1.82, 2.24) is 10.2 Å². The number of carbonyl (C=O) groups is 3. The molecule has 0 aliphatic carbocycles. The first-order valence-electron chi connectivity index (χ1n) is 12.0. The number of aryl methyl sites for hydroxylation is 1. The fraction of sp³-hybridized carbons (Fsp3) is 0.444. The number of fused-ring (bicyclic) bond motifs is 1. The number of nitrogens with one attached hydrogen (secondary N) is 1. The van der Waals surface area contributed by atoms with E-state index in [1.165, 1.54) is 19.1 Å². The maximum Gasteiger partial charge on any atom is 0.326 e.